The number of hydrogen-bond acceptors (Lipinski definition) is 3. The molecule has 0 bridgehead atoms. The second-order valence-electron chi connectivity index (χ2n) is 7.20. The molecule has 1 unspecified atom stereocenters. The van der Waals surface area contributed by atoms with E-state index in [4.69, 9.17) is 4.74 Å². The van der Waals surface area contributed by atoms with Gasteiger partial charge in [-0.25, -0.2) is 4.39 Å². The van der Waals surface area contributed by atoms with Crippen LogP contribution in [0.1, 0.15) is 27.7 Å². The van der Waals surface area contributed by atoms with Crippen LogP contribution in [-0.2, 0) is 4.74 Å². The minimum Gasteiger partial charge on any atom is -0.379 e. The van der Waals surface area contributed by atoms with Gasteiger partial charge in [0.15, 0.2) is 0 Å². The summed E-state index contributed by atoms with van der Waals surface area (Å²) in [7, 11) is 0. The van der Waals surface area contributed by atoms with Gasteiger partial charge in [0, 0.05) is 30.5 Å². The van der Waals surface area contributed by atoms with Gasteiger partial charge in [-0.1, -0.05) is 24.3 Å². The fourth-order valence-electron chi connectivity index (χ4n) is 3.68. The molecule has 2 aromatic carbocycles. The molecule has 2 heterocycles. The number of nitrogens with zero attached hydrogens (tertiary/aromatic N) is 1. The molecule has 1 atom stereocenters. The number of benzene rings is 2. The number of aryl methyl sites for hydroxylation is 1. The molecule has 5 nitrogen and oxygen atoms in total. The maximum Gasteiger partial charge on any atom is 0.267 e. The molecule has 1 amide bonds. The molecule has 1 saturated heterocycles. The van der Waals surface area contributed by atoms with Gasteiger partial charge in [-0.2, -0.15) is 0 Å². The number of carbonyl (C=O) groups is 1. The van der Waals surface area contributed by atoms with Gasteiger partial charge < -0.3 is 15.0 Å². The minimum atomic E-state index is -0.262. The molecule has 1 aliphatic heterocycles. The van der Waals surface area contributed by atoms with Crippen molar-refractivity contribution < 1.29 is 13.9 Å². The highest BCUT2D eigenvalue weighted by Gasteiger charge is 2.23. The van der Waals surface area contributed by atoms with Gasteiger partial charge in [0.05, 0.1) is 19.3 Å². The fraction of sp³-hybridized carbons (Fsp3) is 0.318. The number of morpholine rings is 1. The molecular weight excluding hydrogens is 357 g/mol. The summed E-state index contributed by atoms with van der Waals surface area (Å²) in [4.78, 5) is 18.2. The second-order valence-corrected chi connectivity index (χ2v) is 7.20. The Kier molecular flexibility index (Phi) is 5.41. The number of halogens is 1. The summed E-state index contributed by atoms with van der Waals surface area (Å²) < 4.78 is 18.8. The van der Waals surface area contributed by atoms with E-state index < -0.39 is 0 Å². The van der Waals surface area contributed by atoms with Crippen molar-refractivity contribution in [1.29, 1.82) is 0 Å². The zero-order valence-electron chi connectivity index (χ0n) is 15.9. The van der Waals surface area contributed by atoms with Crippen molar-refractivity contribution in [3.8, 4) is 0 Å². The SMILES string of the molecule is Cc1ccc2cc(C(=O)NCC(c3ccc(F)cc3)N3CCOCC3)[nH]c2c1. The van der Waals surface area contributed by atoms with Crippen LogP contribution in [0.3, 0.4) is 0 Å². The summed E-state index contributed by atoms with van der Waals surface area (Å²) in [5.74, 6) is -0.406. The van der Waals surface area contributed by atoms with Crippen molar-refractivity contribution in [2.24, 2.45) is 0 Å². The summed E-state index contributed by atoms with van der Waals surface area (Å²) in [5.41, 5.74) is 3.62. The quantitative estimate of drug-likeness (QED) is 0.712. The average molecular weight is 381 g/mol. The first-order valence-electron chi connectivity index (χ1n) is 9.55. The molecule has 0 radical (unpaired) electrons. The molecule has 6 heteroatoms. The van der Waals surface area contributed by atoms with Crippen LogP contribution in [0.2, 0.25) is 0 Å². The number of aromatic amines is 1. The van der Waals surface area contributed by atoms with E-state index in [0.29, 0.717) is 25.5 Å². The molecule has 2 N–H and O–H groups in total. The Labute approximate surface area is 163 Å². The molecule has 4 rings (SSSR count). The second kappa shape index (κ2) is 8.12. The van der Waals surface area contributed by atoms with E-state index in [1.807, 2.05) is 31.2 Å². The van der Waals surface area contributed by atoms with E-state index in [2.05, 4.69) is 15.2 Å². The maximum atomic E-state index is 13.3. The third-order valence-electron chi connectivity index (χ3n) is 5.22. The van der Waals surface area contributed by atoms with Gasteiger partial charge in [-0.15, -0.1) is 0 Å². The van der Waals surface area contributed by atoms with Crippen molar-refractivity contribution in [2.45, 2.75) is 13.0 Å². The topological polar surface area (TPSA) is 57.4 Å². The number of amides is 1. The molecule has 146 valence electrons. The van der Waals surface area contributed by atoms with Crippen molar-refractivity contribution in [3.05, 3.63) is 71.2 Å². The zero-order chi connectivity index (χ0) is 19.5. The lowest BCUT2D eigenvalue weighted by molar-refractivity contribution is 0.0162. The largest absolute Gasteiger partial charge is 0.379 e. The van der Waals surface area contributed by atoms with Crippen LogP contribution in [-0.4, -0.2) is 48.6 Å². The summed E-state index contributed by atoms with van der Waals surface area (Å²) in [5, 5.41) is 4.05. The molecule has 1 aromatic heterocycles. The Bertz CT molecular complexity index is 962. The Hall–Kier alpha value is -2.70. The summed E-state index contributed by atoms with van der Waals surface area (Å²) >= 11 is 0. The molecule has 3 aromatic rings. The van der Waals surface area contributed by atoms with Crippen molar-refractivity contribution in [2.75, 3.05) is 32.8 Å². The molecule has 0 saturated carbocycles. The number of H-pyrrole nitrogens is 1. The zero-order valence-corrected chi connectivity index (χ0v) is 15.9. The van der Waals surface area contributed by atoms with E-state index >= 15 is 0 Å². The molecule has 0 aliphatic carbocycles. The number of aromatic nitrogens is 1. The van der Waals surface area contributed by atoms with Gasteiger partial charge in [0.25, 0.3) is 5.91 Å². The first kappa shape index (κ1) is 18.7. The van der Waals surface area contributed by atoms with Gasteiger partial charge in [0.2, 0.25) is 0 Å². The molecule has 1 aliphatic rings. The first-order valence-corrected chi connectivity index (χ1v) is 9.55. The normalized spacial score (nSPS) is 16.2. The number of carbonyl (C=O) groups excluding carboxylic acids is 1. The van der Waals surface area contributed by atoms with E-state index in [-0.39, 0.29) is 17.8 Å². The highest BCUT2D eigenvalue weighted by Crippen LogP contribution is 2.22. The predicted octanol–water partition coefficient (Wildman–Crippen LogP) is 3.42. The Morgan fingerprint density at radius 2 is 1.93 bits per heavy atom. The van der Waals surface area contributed by atoms with Crippen molar-refractivity contribution >= 4 is 16.8 Å². The Morgan fingerprint density at radius 1 is 1.18 bits per heavy atom. The van der Waals surface area contributed by atoms with E-state index in [1.54, 1.807) is 12.1 Å². The highest BCUT2D eigenvalue weighted by molar-refractivity contribution is 5.98. The van der Waals surface area contributed by atoms with Crippen LogP contribution < -0.4 is 5.32 Å². The lowest BCUT2D eigenvalue weighted by Gasteiger charge is -2.34. The van der Waals surface area contributed by atoms with Crippen molar-refractivity contribution in [1.82, 2.24) is 15.2 Å². The van der Waals surface area contributed by atoms with Gasteiger partial charge in [-0.05, 0) is 42.3 Å². The smallest absolute Gasteiger partial charge is 0.267 e. The minimum absolute atomic E-state index is 0.0277. The molecule has 0 spiro atoms. The number of hydrogen-bond donors (Lipinski definition) is 2. The monoisotopic (exact) mass is 381 g/mol. The lowest BCUT2D eigenvalue weighted by Crippen LogP contribution is -2.43. The van der Waals surface area contributed by atoms with Crippen LogP contribution in [0.25, 0.3) is 10.9 Å². The summed E-state index contributed by atoms with van der Waals surface area (Å²) in [6.45, 7) is 5.35. The number of nitrogens with one attached hydrogen (secondary N) is 2. The van der Waals surface area contributed by atoms with E-state index in [0.717, 1.165) is 35.1 Å². The first-order chi connectivity index (χ1) is 13.6. The fourth-order valence-corrected chi connectivity index (χ4v) is 3.68. The van der Waals surface area contributed by atoms with Crippen LogP contribution in [0.15, 0.2) is 48.5 Å². The highest BCUT2D eigenvalue weighted by atomic mass is 19.1. The number of ether oxygens (including phenoxy) is 1. The van der Waals surface area contributed by atoms with Gasteiger partial charge in [-0.3, -0.25) is 9.69 Å². The maximum absolute atomic E-state index is 13.3. The van der Waals surface area contributed by atoms with Gasteiger partial charge in [0.1, 0.15) is 11.5 Å². The lowest BCUT2D eigenvalue weighted by atomic mass is 10.0. The molecule has 28 heavy (non-hydrogen) atoms. The van der Waals surface area contributed by atoms with Crippen LogP contribution in [0.5, 0.6) is 0 Å². The van der Waals surface area contributed by atoms with E-state index in [1.165, 1.54) is 12.1 Å². The van der Waals surface area contributed by atoms with Crippen LogP contribution in [0, 0.1) is 12.7 Å². The number of rotatable bonds is 5. The van der Waals surface area contributed by atoms with Crippen molar-refractivity contribution in [3.63, 3.8) is 0 Å². The summed E-state index contributed by atoms with van der Waals surface area (Å²) in [6, 6.07) is 14.4. The molecule has 1 fully saturated rings. The van der Waals surface area contributed by atoms with Gasteiger partial charge >= 0.3 is 0 Å². The predicted molar refractivity (Wildman–Crippen MR) is 107 cm³/mol. The Morgan fingerprint density at radius 3 is 2.68 bits per heavy atom. The van der Waals surface area contributed by atoms with Crippen LogP contribution in [0.4, 0.5) is 4.39 Å². The third kappa shape index (κ3) is 4.08. The average Bonchev–Trinajstić information content (AvgIpc) is 3.13. The summed E-state index contributed by atoms with van der Waals surface area (Å²) in [6.07, 6.45) is 0. The van der Waals surface area contributed by atoms with Crippen LogP contribution >= 0.6 is 0 Å². The third-order valence-corrected chi connectivity index (χ3v) is 5.22. The van der Waals surface area contributed by atoms with E-state index in [9.17, 15) is 9.18 Å². The molecular formula is C22H24FN3O2. The standard InChI is InChI=1S/C22H24FN3O2/c1-15-2-3-17-13-20(25-19(17)12-15)22(27)24-14-21(26-8-10-28-11-9-26)16-4-6-18(23)7-5-16/h2-7,12-13,21,25H,8-11,14H2,1H3,(H,24,27). The number of fused-ring (bicyclic) bond motifs is 1. The Balaban J connectivity index is 1.50.